The maximum Gasteiger partial charge on any atom is 0.109 e. The fourth-order valence-corrected chi connectivity index (χ4v) is 0.674. The van der Waals surface area contributed by atoms with E-state index >= 15 is 0 Å². The first-order valence-corrected chi connectivity index (χ1v) is 4.05. The minimum Gasteiger partial charge on any atom is -0.386 e. The Bertz CT molecular complexity index is 118. The van der Waals surface area contributed by atoms with Gasteiger partial charge < -0.3 is 5.73 Å². The molecule has 0 aromatic heterocycles. The number of amidine groups is 1. The van der Waals surface area contributed by atoms with Crippen LogP contribution in [0.1, 0.15) is 13.8 Å². The molecule has 0 aromatic carbocycles. The zero-order valence-electron chi connectivity index (χ0n) is 6.43. The Kier molecular flexibility index (Phi) is 3.04. The average molecular weight is 146 g/mol. The monoisotopic (exact) mass is 146 g/mol. The summed E-state index contributed by atoms with van der Waals surface area (Å²) in [6.45, 7) is 4.11. The van der Waals surface area contributed by atoms with E-state index < -0.39 is 0 Å². The minimum absolute atomic E-state index is 0.00521. The third-order valence-electron chi connectivity index (χ3n) is 1.37. The van der Waals surface area contributed by atoms with E-state index in [0.717, 1.165) is 0 Å². The molecule has 0 spiro atoms. The number of hydrogen-bond donors (Lipinski definition) is 1. The van der Waals surface area contributed by atoms with E-state index in [-0.39, 0.29) is 4.75 Å². The number of hydrogen-bond acceptors (Lipinski definition) is 2. The Morgan fingerprint density at radius 2 is 2.00 bits per heavy atom. The van der Waals surface area contributed by atoms with Crippen LogP contribution < -0.4 is 5.73 Å². The third kappa shape index (κ3) is 2.26. The smallest absolute Gasteiger partial charge is 0.109 e. The zero-order valence-corrected chi connectivity index (χ0v) is 7.25. The van der Waals surface area contributed by atoms with Crippen LogP contribution in [0.5, 0.6) is 0 Å². The van der Waals surface area contributed by atoms with Crippen LogP contribution in [0.4, 0.5) is 0 Å². The molecule has 0 amide bonds. The van der Waals surface area contributed by atoms with Crippen LogP contribution in [-0.2, 0) is 0 Å². The molecule has 9 heavy (non-hydrogen) atoms. The first kappa shape index (κ1) is 8.82. The molecule has 0 aliphatic heterocycles. The number of nitrogens with two attached hydrogens (primary N) is 1. The van der Waals surface area contributed by atoms with E-state index in [1.54, 1.807) is 18.8 Å². The highest BCUT2D eigenvalue weighted by Crippen LogP contribution is 2.20. The van der Waals surface area contributed by atoms with Crippen molar-refractivity contribution in [1.82, 2.24) is 0 Å². The first-order chi connectivity index (χ1) is 4.04. The van der Waals surface area contributed by atoms with E-state index in [1.165, 1.54) is 0 Å². The van der Waals surface area contributed by atoms with Gasteiger partial charge in [0.15, 0.2) is 0 Å². The lowest BCUT2D eigenvalue weighted by atomic mass is 10.2. The van der Waals surface area contributed by atoms with Gasteiger partial charge in [-0.1, -0.05) is 0 Å². The van der Waals surface area contributed by atoms with Crippen molar-refractivity contribution < 1.29 is 0 Å². The van der Waals surface area contributed by atoms with Gasteiger partial charge in [-0.15, -0.1) is 0 Å². The Balaban J connectivity index is 4.14. The van der Waals surface area contributed by atoms with Gasteiger partial charge in [0.1, 0.15) is 5.84 Å². The summed E-state index contributed by atoms with van der Waals surface area (Å²) in [6.07, 6.45) is 2.03. The standard InChI is InChI=1S/C6H14N2S/c1-6(2,9-4)5(7)8-3/h1-4H3,(H2,7,8). The number of nitrogens with zero attached hydrogens (tertiary/aromatic N) is 1. The largest absolute Gasteiger partial charge is 0.386 e. The van der Waals surface area contributed by atoms with Crippen molar-refractivity contribution >= 4 is 17.6 Å². The lowest BCUT2D eigenvalue weighted by molar-refractivity contribution is 0.935. The van der Waals surface area contributed by atoms with Crippen LogP contribution in [0, 0.1) is 0 Å². The molecule has 0 radical (unpaired) electrons. The van der Waals surface area contributed by atoms with E-state index in [2.05, 4.69) is 18.8 Å². The van der Waals surface area contributed by atoms with E-state index in [9.17, 15) is 0 Å². The SMILES string of the molecule is CN=C(N)C(C)(C)SC. The zero-order chi connectivity index (χ0) is 7.49. The highest BCUT2D eigenvalue weighted by atomic mass is 32.2. The predicted molar refractivity (Wildman–Crippen MR) is 45.1 cm³/mol. The van der Waals surface area contributed by atoms with E-state index in [4.69, 9.17) is 5.73 Å². The number of aliphatic imine (C=N–C) groups is 1. The van der Waals surface area contributed by atoms with Gasteiger partial charge in [-0.2, -0.15) is 11.8 Å². The molecule has 2 N–H and O–H groups in total. The first-order valence-electron chi connectivity index (χ1n) is 2.82. The van der Waals surface area contributed by atoms with Crippen molar-refractivity contribution in [3.05, 3.63) is 0 Å². The second-order valence-corrected chi connectivity index (χ2v) is 3.75. The molecule has 0 saturated carbocycles. The molecular weight excluding hydrogens is 132 g/mol. The number of thioether (sulfide) groups is 1. The van der Waals surface area contributed by atoms with Gasteiger partial charge in [-0.3, -0.25) is 4.99 Å². The summed E-state index contributed by atoms with van der Waals surface area (Å²) in [4.78, 5) is 3.90. The lowest BCUT2D eigenvalue weighted by Crippen LogP contribution is -2.34. The summed E-state index contributed by atoms with van der Waals surface area (Å²) in [6, 6.07) is 0. The quantitative estimate of drug-likeness (QED) is 0.468. The third-order valence-corrected chi connectivity index (χ3v) is 2.60. The molecule has 0 rings (SSSR count). The molecular formula is C6H14N2S. The van der Waals surface area contributed by atoms with Gasteiger partial charge in [-0.05, 0) is 20.1 Å². The van der Waals surface area contributed by atoms with E-state index in [0.29, 0.717) is 5.84 Å². The molecule has 0 heterocycles. The molecule has 3 heteroatoms. The second kappa shape index (κ2) is 3.11. The normalized spacial score (nSPS) is 14.0. The topological polar surface area (TPSA) is 38.4 Å². The summed E-state index contributed by atoms with van der Waals surface area (Å²) in [5.74, 6) is 0.704. The van der Waals surface area contributed by atoms with Crippen molar-refractivity contribution in [2.75, 3.05) is 13.3 Å². The van der Waals surface area contributed by atoms with Crippen molar-refractivity contribution in [3.63, 3.8) is 0 Å². The highest BCUT2D eigenvalue weighted by Gasteiger charge is 2.19. The molecule has 0 aliphatic carbocycles. The highest BCUT2D eigenvalue weighted by molar-refractivity contribution is 8.00. The molecule has 0 saturated heterocycles. The van der Waals surface area contributed by atoms with Crippen molar-refractivity contribution in [2.45, 2.75) is 18.6 Å². The summed E-state index contributed by atoms with van der Waals surface area (Å²) in [5, 5.41) is 0. The van der Waals surface area contributed by atoms with Gasteiger partial charge in [0.2, 0.25) is 0 Å². The Hall–Kier alpha value is -0.180. The molecule has 0 aromatic rings. The summed E-state index contributed by atoms with van der Waals surface area (Å²) in [7, 11) is 1.72. The second-order valence-electron chi connectivity index (χ2n) is 2.32. The maximum atomic E-state index is 5.59. The molecule has 54 valence electrons. The van der Waals surface area contributed by atoms with Crippen molar-refractivity contribution in [1.29, 1.82) is 0 Å². The summed E-state index contributed by atoms with van der Waals surface area (Å²) >= 11 is 1.70. The lowest BCUT2D eigenvalue weighted by Gasteiger charge is -2.20. The van der Waals surface area contributed by atoms with Gasteiger partial charge in [0.05, 0.1) is 4.75 Å². The molecule has 0 aliphatic rings. The molecule has 0 bridgehead atoms. The van der Waals surface area contributed by atoms with Crippen LogP contribution in [0.2, 0.25) is 0 Å². The maximum absolute atomic E-state index is 5.59. The Morgan fingerprint density at radius 3 is 2.11 bits per heavy atom. The van der Waals surface area contributed by atoms with Crippen LogP contribution in [0.25, 0.3) is 0 Å². The fourth-order valence-electron chi connectivity index (χ4n) is 0.374. The summed E-state index contributed by atoms with van der Waals surface area (Å²) < 4.78 is -0.00521. The summed E-state index contributed by atoms with van der Waals surface area (Å²) in [5.41, 5.74) is 5.59. The number of rotatable bonds is 2. The Morgan fingerprint density at radius 1 is 1.56 bits per heavy atom. The van der Waals surface area contributed by atoms with Crippen molar-refractivity contribution in [3.8, 4) is 0 Å². The van der Waals surface area contributed by atoms with Gasteiger partial charge in [-0.25, -0.2) is 0 Å². The fraction of sp³-hybridized carbons (Fsp3) is 0.833. The van der Waals surface area contributed by atoms with Crippen LogP contribution in [0.3, 0.4) is 0 Å². The van der Waals surface area contributed by atoms with Crippen LogP contribution >= 0.6 is 11.8 Å². The average Bonchev–Trinajstić information content (AvgIpc) is 1.86. The van der Waals surface area contributed by atoms with Gasteiger partial charge in [0, 0.05) is 7.05 Å². The van der Waals surface area contributed by atoms with Crippen LogP contribution in [0.15, 0.2) is 4.99 Å². The van der Waals surface area contributed by atoms with E-state index in [1.807, 2.05) is 6.26 Å². The van der Waals surface area contributed by atoms with Crippen LogP contribution in [-0.4, -0.2) is 23.9 Å². The van der Waals surface area contributed by atoms with Crippen molar-refractivity contribution in [2.24, 2.45) is 10.7 Å². The van der Waals surface area contributed by atoms with Gasteiger partial charge >= 0.3 is 0 Å². The molecule has 2 nitrogen and oxygen atoms in total. The molecule has 0 fully saturated rings. The Labute approximate surface area is 60.9 Å². The molecule has 0 unspecified atom stereocenters. The molecule has 0 atom stereocenters. The minimum atomic E-state index is -0.00521. The van der Waals surface area contributed by atoms with Gasteiger partial charge in [0.25, 0.3) is 0 Å². The predicted octanol–water partition coefficient (Wildman–Crippen LogP) is 1.11.